The number of rotatable bonds is 4. The molecule has 1 aliphatic rings. The molecule has 19 heavy (non-hydrogen) atoms. The quantitative estimate of drug-likeness (QED) is 0.895. The molecule has 1 amide bonds. The number of hydrogen-bond acceptors (Lipinski definition) is 3. The van der Waals surface area contributed by atoms with Gasteiger partial charge in [0.2, 0.25) is 5.91 Å². The number of likely N-dealkylation sites (N-methyl/N-ethyl adjacent to an activating group) is 1. The van der Waals surface area contributed by atoms with E-state index in [0.717, 1.165) is 18.5 Å². The topological polar surface area (TPSA) is 59.2 Å². The van der Waals surface area contributed by atoms with Gasteiger partial charge in [-0.25, -0.2) is 0 Å². The van der Waals surface area contributed by atoms with E-state index in [4.69, 9.17) is 5.73 Å². The molecule has 1 aromatic heterocycles. The molecule has 0 bridgehead atoms. The molecule has 2 N–H and O–H groups in total. The number of pyridine rings is 1. The maximum absolute atomic E-state index is 12.3. The van der Waals surface area contributed by atoms with Crippen LogP contribution >= 0.6 is 0 Å². The molecule has 1 aromatic rings. The highest BCUT2D eigenvalue weighted by molar-refractivity contribution is 5.78. The summed E-state index contributed by atoms with van der Waals surface area (Å²) in [6.07, 6.45) is 6.76. The van der Waals surface area contributed by atoms with Gasteiger partial charge in [-0.15, -0.1) is 0 Å². The monoisotopic (exact) mass is 261 g/mol. The number of hydrogen-bond donors (Lipinski definition) is 1. The molecule has 1 aliphatic carbocycles. The van der Waals surface area contributed by atoms with Crippen molar-refractivity contribution in [2.24, 2.45) is 11.7 Å². The van der Waals surface area contributed by atoms with Crippen LogP contribution in [0.25, 0.3) is 0 Å². The zero-order valence-electron chi connectivity index (χ0n) is 11.6. The first kappa shape index (κ1) is 14.0. The van der Waals surface area contributed by atoms with Gasteiger partial charge in [0.15, 0.2) is 0 Å². The zero-order valence-corrected chi connectivity index (χ0v) is 11.6. The second kappa shape index (κ2) is 6.66. The summed E-state index contributed by atoms with van der Waals surface area (Å²) in [6, 6.07) is 5.98. The molecule has 4 heteroatoms. The lowest BCUT2D eigenvalue weighted by molar-refractivity contribution is -0.133. The van der Waals surface area contributed by atoms with Crippen LogP contribution in [0.4, 0.5) is 0 Å². The minimum atomic E-state index is 0.143. The van der Waals surface area contributed by atoms with Crippen molar-refractivity contribution < 1.29 is 4.79 Å². The lowest BCUT2D eigenvalue weighted by atomic mass is 9.83. The van der Waals surface area contributed by atoms with E-state index in [1.807, 2.05) is 30.1 Å². The molecule has 4 nitrogen and oxygen atoms in total. The van der Waals surface area contributed by atoms with Crippen LogP contribution in [0.2, 0.25) is 0 Å². The Balaban J connectivity index is 1.98. The molecule has 1 saturated carbocycles. The van der Waals surface area contributed by atoms with Gasteiger partial charge in [0.25, 0.3) is 0 Å². The highest BCUT2D eigenvalue weighted by Gasteiger charge is 2.29. The number of carbonyl (C=O) groups excluding carboxylic acids is 1. The summed E-state index contributed by atoms with van der Waals surface area (Å²) >= 11 is 0. The molecular weight excluding hydrogens is 238 g/mol. The van der Waals surface area contributed by atoms with Crippen molar-refractivity contribution in [2.75, 3.05) is 13.6 Å². The van der Waals surface area contributed by atoms with Crippen molar-refractivity contribution in [2.45, 2.75) is 38.1 Å². The highest BCUT2D eigenvalue weighted by atomic mass is 16.2. The number of amides is 1. The van der Waals surface area contributed by atoms with E-state index in [1.54, 1.807) is 6.20 Å². The third-order valence-electron chi connectivity index (χ3n) is 4.12. The van der Waals surface area contributed by atoms with E-state index >= 15 is 0 Å². The fourth-order valence-corrected chi connectivity index (χ4v) is 2.94. The Morgan fingerprint density at radius 3 is 2.89 bits per heavy atom. The average Bonchev–Trinajstić information content (AvgIpc) is 2.47. The predicted molar refractivity (Wildman–Crippen MR) is 75.5 cm³/mol. The van der Waals surface area contributed by atoms with Gasteiger partial charge in [-0.2, -0.15) is 0 Å². The maximum atomic E-state index is 12.3. The van der Waals surface area contributed by atoms with Crippen LogP contribution in [0.5, 0.6) is 0 Å². The lowest BCUT2D eigenvalue weighted by Crippen LogP contribution is -2.46. The van der Waals surface area contributed by atoms with Crippen molar-refractivity contribution in [3.63, 3.8) is 0 Å². The van der Waals surface area contributed by atoms with Crippen molar-refractivity contribution in [3.05, 3.63) is 30.1 Å². The van der Waals surface area contributed by atoms with E-state index in [9.17, 15) is 4.79 Å². The SMILES string of the molecule is CN(C(=O)Cc1ccccn1)C1CCCCC1CN. The predicted octanol–water partition coefficient (Wildman–Crippen LogP) is 1.60. The van der Waals surface area contributed by atoms with Crippen molar-refractivity contribution in [1.29, 1.82) is 0 Å². The van der Waals surface area contributed by atoms with Crippen LogP contribution in [0.15, 0.2) is 24.4 Å². The summed E-state index contributed by atoms with van der Waals surface area (Å²) in [5, 5.41) is 0. The number of nitrogens with two attached hydrogens (primary N) is 1. The summed E-state index contributed by atoms with van der Waals surface area (Å²) < 4.78 is 0. The molecule has 0 aromatic carbocycles. The summed E-state index contributed by atoms with van der Waals surface area (Å²) in [7, 11) is 1.91. The Kier molecular flexibility index (Phi) is 4.91. The van der Waals surface area contributed by atoms with Crippen molar-refractivity contribution in [1.82, 2.24) is 9.88 Å². The van der Waals surface area contributed by atoms with Gasteiger partial charge in [-0.1, -0.05) is 18.9 Å². The molecule has 0 aliphatic heterocycles. The molecule has 0 radical (unpaired) electrons. The van der Waals surface area contributed by atoms with Crippen LogP contribution in [0, 0.1) is 5.92 Å². The molecular formula is C15H23N3O. The molecule has 2 unspecified atom stereocenters. The number of carbonyl (C=O) groups is 1. The van der Waals surface area contributed by atoms with Gasteiger partial charge < -0.3 is 10.6 Å². The van der Waals surface area contributed by atoms with E-state index in [-0.39, 0.29) is 5.91 Å². The summed E-state index contributed by atoms with van der Waals surface area (Å²) in [6.45, 7) is 0.672. The van der Waals surface area contributed by atoms with Crippen LogP contribution in [-0.2, 0) is 11.2 Å². The van der Waals surface area contributed by atoms with E-state index in [0.29, 0.717) is 24.9 Å². The number of aromatic nitrogens is 1. The van der Waals surface area contributed by atoms with E-state index in [1.165, 1.54) is 12.8 Å². The normalized spacial score (nSPS) is 23.1. The van der Waals surface area contributed by atoms with Gasteiger partial charge in [0, 0.05) is 25.0 Å². The average molecular weight is 261 g/mol. The van der Waals surface area contributed by atoms with Crippen LogP contribution in [0.3, 0.4) is 0 Å². The molecule has 0 spiro atoms. The Labute approximate surface area is 115 Å². The fraction of sp³-hybridized carbons (Fsp3) is 0.600. The first-order valence-corrected chi connectivity index (χ1v) is 7.08. The molecule has 1 fully saturated rings. The second-order valence-electron chi connectivity index (χ2n) is 5.35. The lowest BCUT2D eigenvalue weighted by Gasteiger charge is -2.37. The highest BCUT2D eigenvalue weighted by Crippen LogP contribution is 2.27. The minimum Gasteiger partial charge on any atom is -0.342 e. The van der Waals surface area contributed by atoms with Gasteiger partial charge in [0.05, 0.1) is 6.42 Å². The minimum absolute atomic E-state index is 0.143. The van der Waals surface area contributed by atoms with Crippen LogP contribution in [0.1, 0.15) is 31.4 Å². The largest absolute Gasteiger partial charge is 0.342 e. The first-order valence-electron chi connectivity index (χ1n) is 7.08. The first-order chi connectivity index (χ1) is 9.22. The molecule has 1 heterocycles. The molecule has 104 valence electrons. The summed E-state index contributed by atoms with van der Waals surface area (Å²) in [5.41, 5.74) is 6.67. The smallest absolute Gasteiger partial charge is 0.228 e. The van der Waals surface area contributed by atoms with E-state index in [2.05, 4.69) is 4.98 Å². The van der Waals surface area contributed by atoms with Crippen LogP contribution < -0.4 is 5.73 Å². The maximum Gasteiger partial charge on any atom is 0.228 e. The van der Waals surface area contributed by atoms with Crippen molar-refractivity contribution >= 4 is 5.91 Å². The zero-order chi connectivity index (χ0) is 13.7. The van der Waals surface area contributed by atoms with Gasteiger partial charge in [-0.05, 0) is 37.4 Å². The number of nitrogens with zero attached hydrogens (tertiary/aromatic N) is 2. The van der Waals surface area contributed by atoms with E-state index < -0.39 is 0 Å². The fourth-order valence-electron chi connectivity index (χ4n) is 2.94. The second-order valence-corrected chi connectivity index (χ2v) is 5.35. The molecule has 2 rings (SSSR count). The van der Waals surface area contributed by atoms with Crippen LogP contribution in [-0.4, -0.2) is 35.4 Å². The summed E-state index contributed by atoms with van der Waals surface area (Å²) in [4.78, 5) is 18.4. The molecule has 2 atom stereocenters. The third kappa shape index (κ3) is 3.53. The Morgan fingerprint density at radius 2 is 2.21 bits per heavy atom. The molecule has 0 saturated heterocycles. The van der Waals surface area contributed by atoms with Crippen molar-refractivity contribution in [3.8, 4) is 0 Å². The standard InChI is InChI=1S/C15H23N3O/c1-18(14-8-3-2-6-12(14)11-16)15(19)10-13-7-4-5-9-17-13/h4-5,7,9,12,14H,2-3,6,8,10-11,16H2,1H3. The Bertz CT molecular complexity index is 407. The summed E-state index contributed by atoms with van der Waals surface area (Å²) in [5.74, 6) is 0.593. The third-order valence-corrected chi connectivity index (χ3v) is 4.12. The van der Waals surface area contributed by atoms with Gasteiger partial charge >= 0.3 is 0 Å². The Hall–Kier alpha value is -1.42. The Morgan fingerprint density at radius 1 is 1.42 bits per heavy atom. The van der Waals surface area contributed by atoms with Gasteiger partial charge in [0.1, 0.15) is 0 Å². The van der Waals surface area contributed by atoms with Gasteiger partial charge in [-0.3, -0.25) is 9.78 Å².